The van der Waals surface area contributed by atoms with E-state index in [0.717, 1.165) is 19.3 Å². The van der Waals surface area contributed by atoms with Crippen molar-refractivity contribution < 1.29 is 17.9 Å². The molecule has 1 amide bonds. The van der Waals surface area contributed by atoms with Crippen molar-refractivity contribution in [1.29, 1.82) is 0 Å². The van der Waals surface area contributed by atoms with Gasteiger partial charge in [0.15, 0.2) is 5.96 Å². The number of ether oxygens (including phenoxy) is 1. The molecule has 1 rings (SSSR count). The van der Waals surface area contributed by atoms with Crippen molar-refractivity contribution in [2.24, 2.45) is 4.99 Å². The van der Waals surface area contributed by atoms with Gasteiger partial charge in [-0.3, -0.25) is 9.79 Å². The van der Waals surface area contributed by atoms with Gasteiger partial charge in [-0.2, -0.15) is 0 Å². The number of carbonyl (C=O) groups excluding carboxylic acids is 1. The molecule has 0 aromatic carbocycles. The Morgan fingerprint density at radius 1 is 1.22 bits per heavy atom. The summed E-state index contributed by atoms with van der Waals surface area (Å²) >= 11 is 0. The Morgan fingerprint density at radius 2 is 1.93 bits per heavy atom. The largest absolute Gasteiger partial charge is 0.377 e. The number of guanidine groups is 1. The number of amides is 1. The molecule has 0 radical (unpaired) electrons. The van der Waals surface area contributed by atoms with Crippen molar-refractivity contribution in [2.45, 2.75) is 51.7 Å². The highest BCUT2D eigenvalue weighted by atomic mass is 127. The average molecular weight is 519 g/mol. The summed E-state index contributed by atoms with van der Waals surface area (Å²) in [4.78, 5) is 15.7. The van der Waals surface area contributed by atoms with Gasteiger partial charge in [-0.25, -0.2) is 13.1 Å². The second-order valence-corrected chi connectivity index (χ2v) is 9.23. The number of aliphatic imine (C=N–C) groups is 1. The van der Waals surface area contributed by atoms with Gasteiger partial charge < -0.3 is 20.7 Å². The van der Waals surface area contributed by atoms with Crippen molar-refractivity contribution in [1.82, 2.24) is 20.7 Å². The lowest BCUT2D eigenvalue weighted by Crippen LogP contribution is -2.49. The lowest BCUT2D eigenvalue weighted by Gasteiger charge is -2.22. The van der Waals surface area contributed by atoms with Crippen LogP contribution >= 0.6 is 24.0 Å². The van der Waals surface area contributed by atoms with E-state index in [-0.39, 0.29) is 60.4 Å². The van der Waals surface area contributed by atoms with Gasteiger partial charge >= 0.3 is 0 Å². The predicted octanol–water partition coefficient (Wildman–Crippen LogP) is 0.173. The van der Waals surface area contributed by atoms with Gasteiger partial charge in [0.1, 0.15) is 0 Å². The molecule has 1 aliphatic heterocycles. The number of hydrogen-bond donors (Lipinski definition) is 4. The second kappa shape index (κ2) is 12.7. The zero-order valence-corrected chi connectivity index (χ0v) is 19.8. The first-order valence-corrected chi connectivity index (χ1v) is 10.6. The molecule has 27 heavy (non-hydrogen) atoms. The van der Waals surface area contributed by atoms with Crippen LogP contribution in [0.25, 0.3) is 0 Å². The highest BCUT2D eigenvalue weighted by molar-refractivity contribution is 14.0. The maximum Gasteiger partial charge on any atom is 0.239 e. The van der Waals surface area contributed by atoms with Crippen molar-refractivity contribution >= 4 is 45.9 Å². The molecule has 0 bridgehead atoms. The number of halogens is 1. The molecule has 11 heteroatoms. The van der Waals surface area contributed by atoms with E-state index in [1.165, 1.54) is 0 Å². The summed E-state index contributed by atoms with van der Waals surface area (Å²) in [7, 11) is -1.84. The topological polar surface area (TPSA) is 121 Å². The second-order valence-electron chi connectivity index (χ2n) is 7.31. The average Bonchev–Trinajstić information content (AvgIpc) is 2.55. The van der Waals surface area contributed by atoms with Crippen molar-refractivity contribution in [2.75, 3.05) is 39.0 Å². The summed E-state index contributed by atoms with van der Waals surface area (Å²) in [6.45, 7) is 6.93. The van der Waals surface area contributed by atoms with E-state index in [1.54, 1.807) is 7.05 Å². The van der Waals surface area contributed by atoms with Crippen LogP contribution in [0.4, 0.5) is 0 Å². The van der Waals surface area contributed by atoms with Gasteiger partial charge in [0.25, 0.3) is 0 Å². The van der Waals surface area contributed by atoms with Crippen LogP contribution < -0.4 is 20.7 Å². The van der Waals surface area contributed by atoms with Gasteiger partial charge in [0.2, 0.25) is 15.9 Å². The number of rotatable bonds is 8. The summed E-state index contributed by atoms with van der Waals surface area (Å²) in [5.74, 6) is 0.122. The van der Waals surface area contributed by atoms with Crippen molar-refractivity contribution in [3.63, 3.8) is 0 Å². The maximum absolute atomic E-state index is 12.0. The summed E-state index contributed by atoms with van der Waals surface area (Å²) in [6.07, 6.45) is 2.95. The van der Waals surface area contributed by atoms with Crippen molar-refractivity contribution in [3.8, 4) is 0 Å². The molecule has 0 spiro atoms. The Labute approximate surface area is 179 Å². The molecule has 0 aliphatic carbocycles. The van der Waals surface area contributed by atoms with Crippen LogP contribution in [0.1, 0.15) is 40.0 Å². The molecule has 0 aromatic heterocycles. The molecule has 1 saturated heterocycles. The lowest BCUT2D eigenvalue weighted by molar-refractivity contribution is -0.121. The molecular formula is C16H34IN5O4S. The van der Waals surface area contributed by atoms with Crippen LogP contribution in [-0.4, -0.2) is 71.0 Å². The third-order valence-corrected chi connectivity index (χ3v) is 4.97. The Balaban J connectivity index is 0.00000676. The van der Waals surface area contributed by atoms with Crippen LogP contribution in [0.2, 0.25) is 0 Å². The Morgan fingerprint density at radius 3 is 2.48 bits per heavy atom. The smallest absolute Gasteiger partial charge is 0.239 e. The Hall–Kier alpha value is -0.660. The molecule has 1 heterocycles. The summed E-state index contributed by atoms with van der Waals surface area (Å²) in [5, 5.41) is 8.57. The van der Waals surface area contributed by atoms with Gasteiger partial charge in [-0.05, 0) is 40.0 Å². The van der Waals surface area contributed by atoms with Crippen LogP contribution in [-0.2, 0) is 19.6 Å². The van der Waals surface area contributed by atoms with E-state index in [9.17, 15) is 13.2 Å². The summed E-state index contributed by atoms with van der Waals surface area (Å²) in [6, 6.07) is 0. The van der Waals surface area contributed by atoms with Crippen LogP contribution in [0.5, 0.6) is 0 Å². The first-order chi connectivity index (χ1) is 12.1. The molecule has 4 N–H and O–H groups in total. The third kappa shape index (κ3) is 13.2. The highest BCUT2D eigenvalue weighted by Crippen LogP contribution is 2.11. The van der Waals surface area contributed by atoms with E-state index in [4.69, 9.17) is 4.74 Å². The molecule has 160 valence electrons. The van der Waals surface area contributed by atoms with E-state index >= 15 is 0 Å². The predicted molar refractivity (Wildman–Crippen MR) is 118 cm³/mol. The fourth-order valence-electron chi connectivity index (χ4n) is 2.41. The first kappa shape index (κ1) is 26.3. The normalized spacial score (nSPS) is 18.4. The fourth-order valence-corrected chi connectivity index (χ4v) is 3.37. The molecule has 9 nitrogen and oxygen atoms in total. The number of hydrogen-bond acceptors (Lipinski definition) is 5. The summed E-state index contributed by atoms with van der Waals surface area (Å²) in [5.41, 5.74) is -0.308. The van der Waals surface area contributed by atoms with E-state index in [2.05, 4.69) is 25.7 Å². The third-order valence-electron chi connectivity index (χ3n) is 3.62. The highest BCUT2D eigenvalue weighted by Gasteiger charge is 2.18. The minimum atomic E-state index is -3.39. The molecule has 0 saturated carbocycles. The monoisotopic (exact) mass is 519 g/mol. The number of nitrogens with zero attached hydrogens (tertiary/aromatic N) is 1. The quantitative estimate of drug-likeness (QED) is 0.206. The van der Waals surface area contributed by atoms with Crippen LogP contribution in [0.3, 0.4) is 0 Å². The van der Waals surface area contributed by atoms with Crippen LogP contribution in [0.15, 0.2) is 4.99 Å². The molecular weight excluding hydrogens is 485 g/mol. The van der Waals surface area contributed by atoms with E-state index < -0.39 is 10.0 Å². The fraction of sp³-hybridized carbons (Fsp3) is 0.875. The van der Waals surface area contributed by atoms with E-state index in [1.807, 2.05) is 20.8 Å². The molecule has 1 aliphatic rings. The molecule has 1 unspecified atom stereocenters. The van der Waals surface area contributed by atoms with Gasteiger partial charge in [-0.15, -0.1) is 24.0 Å². The standard InChI is InChI=1S/C16H33N5O4S.HI/c1-16(2,3)21-14(22)12-19-15(17-4)18-8-10-26(23,24)20-11-13-7-5-6-9-25-13;/h13,20H,5-12H2,1-4H3,(H,21,22)(H2,17,18,19);1H. The minimum Gasteiger partial charge on any atom is -0.377 e. The molecule has 1 fully saturated rings. The zero-order valence-electron chi connectivity index (χ0n) is 16.6. The number of nitrogens with one attached hydrogen (secondary N) is 4. The van der Waals surface area contributed by atoms with Crippen LogP contribution in [0, 0.1) is 0 Å². The van der Waals surface area contributed by atoms with Gasteiger partial charge in [0.05, 0.1) is 18.4 Å². The number of carbonyl (C=O) groups is 1. The molecule has 0 aromatic rings. The minimum absolute atomic E-state index is 0. The number of sulfonamides is 1. The lowest BCUT2D eigenvalue weighted by atomic mass is 10.1. The zero-order chi connectivity index (χ0) is 19.6. The Kier molecular flexibility index (Phi) is 12.4. The van der Waals surface area contributed by atoms with E-state index in [0.29, 0.717) is 19.1 Å². The maximum atomic E-state index is 12.0. The van der Waals surface area contributed by atoms with Crippen molar-refractivity contribution in [3.05, 3.63) is 0 Å². The van der Waals surface area contributed by atoms with Gasteiger partial charge in [-0.1, -0.05) is 0 Å². The SMILES string of the molecule is CN=C(NCCS(=O)(=O)NCC1CCCCO1)NCC(=O)NC(C)(C)C.I. The Bertz CT molecular complexity index is 572. The summed E-state index contributed by atoms with van der Waals surface area (Å²) < 4.78 is 32.2. The van der Waals surface area contributed by atoms with Gasteiger partial charge in [0, 0.05) is 32.3 Å². The molecule has 1 atom stereocenters. The first-order valence-electron chi connectivity index (χ1n) is 8.96.